The van der Waals surface area contributed by atoms with Crippen LogP contribution in [0.15, 0.2) is 78.9 Å². The van der Waals surface area contributed by atoms with Gasteiger partial charge in [0.1, 0.15) is 0 Å². The Bertz CT molecular complexity index is 1330. The molecule has 4 aromatic rings. The Morgan fingerprint density at radius 1 is 0.882 bits per heavy atom. The topological polar surface area (TPSA) is 67.2 Å². The summed E-state index contributed by atoms with van der Waals surface area (Å²) in [4.78, 5) is 27.5. The van der Waals surface area contributed by atoms with Gasteiger partial charge in [-0.3, -0.25) is 9.59 Å². The van der Waals surface area contributed by atoms with E-state index in [1.165, 1.54) is 0 Å². The molecule has 0 aliphatic heterocycles. The van der Waals surface area contributed by atoms with Crippen molar-refractivity contribution in [1.29, 1.82) is 0 Å². The van der Waals surface area contributed by atoms with Gasteiger partial charge in [0.2, 0.25) is 0 Å². The molecule has 0 atom stereocenters. The van der Waals surface area contributed by atoms with Gasteiger partial charge in [-0.2, -0.15) is 5.10 Å². The Balaban J connectivity index is 1.53. The number of rotatable bonds is 6. The van der Waals surface area contributed by atoms with Gasteiger partial charge in [-0.15, -0.1) is 0 Å². The summed E-state index contributed by atoms with van der Waals surface area (Å²) in [5.74, 6) is -0.331. The zero-order chi connectivity index (χ0) is 24.2. The van der Waals surface area contributed by atoms with Crippen LogP contribution in [0, 0.1) is 20.8 Å². The van der Waals surface area contributed by atoms with Gasteiger partial charge in [-0.05, 0) is 62.7 Å². The van der Waals surface area contributed by atoms with E-state index in [2.05, 4.69) is 10.4 Å². The molecule has 1 aromatic heterocycles. The Morgan fingerprint density at radius 2 is 1.53 bits per heavy atom. The average molecular weight is 453 g/mol. The summed E-state index contributed by atoms with van der Waals surface area (Å²) in [6.07, 6.45) is 0. The summed E-state index contributed by atoms with van der Waals surface area (Å²) < 4.78 is 1.91. The lowest BCUT2D eigenvalue weighted by molar-refractivity contribution is 0.0784. The number of aryl methyl sites for hydroxylation is 2. The first-order valence-electron chi connectivity index (χ1n) is 11.2. The summed E-state index contributed by atoms with van der Waals surface area (Å²) in [5, 5.41) is 7.61. The normalized spacial score (nSPS) is 10.7. The van der Waals surface area contributed by atoms with Crippen LogP contribution in [0.5, 0.6) is 0 Å². The van der Waals surface area contributed by atoms with E-state index in [1.807, 2.05) is 80.1 Å². The predicted molar refractivity (Wildman–Crippen MR) is 134 cm³/mol. The number of benzene rings is 3. The summed E-state index contributed by atoms with van der Waals surface area (Å²) in [7, 11) is 1.78. The summed E-state index contributed by atoms with van der Waals surface area (Å²) >= 11 is 0. The summed E-state index contributed by atoms with van der Waals surface area (Å²) in [6.45, 7) is 6.32. The fourth-order valence-electron chi connectivity index (χ4n) is 3.93. The molecular formula is C28H28N4O2. The van der Waals surface area contributed by atoms with Crippen molar-refractivity contribution < 1.29 is 9.59 Å². The zero-order valence-corrected chi connectivity index (χ0v) is 19.9. The number of carbonyl (C=O) groups excluding carboxylic acids is 2. The third-order valence-electron chi connectivity index (χ3n) is 5.95. The highest BCUT2D eigenvalue weighted by Crippen LogP contribution is 2.22. The van der Waals surface area contributed by atoms with Crippen LogP contribution < -0.4 is 5.32 Å². The van der Waals surface area contributed by atoms with Gasteiger partial charge < -0.3 is 10.2 Å². The molecule has 2 amide bonds. The zero-order valence-electron chi connectivity index (χ0n) is 19.9. The molecule has 0 radical (unpaired) electrons. The van der Waals surface area contributed by atoms with Gasteiger partial charge >= 0.3 is 0 Å². The van der Waals surface area contributed by atoms with Crippen LogP contribution in [0.4, 0.5) is 5.69 Å². The minimum Gasteiger partial charge on any atom is -0.337 e. The number of carbonyl (C=O) groups is 2. The molecule has 0 saturated carbocycles. The maximum absolute atomic E-state index is 13.3. The molecule has 6 nitrogen and oxygen atoms in total. The maximum Gasteiger partial charge on any atom is 0.255 e. The molecule has 6 heteroatoms. The van der Waals surface area contributed by atoms with E-state index in [1.54, 1.807) is 36.2 Å². The molecule has 3 aromatic carbocycles. The van der Waals surface area contributed by atoms with Crippen molar-refractivity contribution in [3.63, 3.8) is 0 Å². The van der Waals surface area contributed by atoms with E-state index in [9.17, 15) is 9.59 Å². The number of aromatic nitrogens is 2. The number of hydrogen-bond acceptors (Lipinski definition) is 3. The Labute approximate surface area is 199 Å². The van der Waals surface area contributed by atoms with Crippen LogP contribution >= 0.6 is 0 Å². The highest BCUT2D eigenvalue weighted by molar-refractivity contribution is 6.05. The monoisotopic (exact) mass is 452 g/mol. The van der Waals surface area contributed by atoms with Crippen molar-refractivity contribution in [2.24, 2.45) is 0 Å². The maximum atomic E-state index is 13.3. The van der Waals surface area contributed by atoms with Gasteiger partial charge in [-0.1, -0.05) is 42.5 Å². The molecule has 1 N–H and O–H groups in total. The van der Waals surface area contributed by atoms with Crippen LogP contribution in [0.25, 0.3) is 5.69 Å². The molecule has 0 aliphatic rings. The molecule has 0 fully saturated rings. The van der Waals surface area contributed by atoms with E-state index >= 15 is 0 Å². The smallest absolute Gasteiger partial charge is 0.255 e. The van der Waals surface area contributed by atoms with Crippen LogP contribution in [0.3, 0.4) is 0 Å². The third kappa shape index (κ3) is 4.76. The molecule has 0 bridgehead atoms. The lowest BCUT2D eigenvalue weighted by Gasteiger charge is -2.19. The molecule has 0 spiro atoms. The Kier molecular flexibility index (Phi) is 6.59. The first-order chi connectivity index (χ1) is 16.3. The number of anilines is 1. The highest BCUT2D eigenvalue weighted by atomic mass is 16.2. The quantitative estimate of drug-likeness (QED) is 0.430. The van der Waals surface area contributed by atoms with Crippen LogP contribution in [-0.2, 0) is 6.54 Å². The standard InChI is InChI=1S/C28H28N4O2/c1-19-15-16-23(17-26(19)29-27(33)22-11-7-5-8-12-22)28(34)31(4)18-25-20(2)30-32(21(25)3)24-13-9-6-10-14-24/h5-17H,18H2,1-4H3,(H,29,33). The van der Waals surface area contributed by atoms with E-state index in [0.29, 0.717) is 23.4 Å². The second kappa shape index (κ2) is 9.75. The molecule has 0 aliphatic carbocycles. The summed E-state index contributed by atoms with van der Waals surface area (Å²) in [6, 6.07) is 24.4. The second-order valence-electron chi connectivity index (χ2n) is 8.41. The molecule has 4 rings (SSSR count). The average Bonchev–Trinajstić information content (AvgIpc) is 3.14. The number of amides is 2. The van der Waals surface area contributed by atoms with E-state index in [0.717, 1.165) is 28.2 Å². The van der Waals surface area contributed by atoms with Gasteiger partial charge in [0.15, 0.2) is 0 Å². The van der Waals surface area contributed by atoms with Gasteiger partial charge in [0, 0.05) is 41.7 Å². The second-order valence-corrected chi connectivity index (χ2v) is 8.41. The first kappa shape index (κ1) is 23.0. The van der Waals surface area contributed by atoms with Gasteiger partial charge in [-0.25, -0.2) is 4.68 Å². The SMILES string of the molecule is Cc1ccc(C(=O)N(C)Cc2c(C)nn(-c3ccccc3)c2C)cc1NC(=O)c1ccccc1. The van der Waals surface area contributed by atoms with Crippen molar-refractivity contribution >= 4 is 17.5 Å². The van der Waals surface area contributed by atoms with Crippen LogP contribution in [-0.4, -0.2) is 33.5 Å². The fraction of sp³-hybridized carbons (Fsp3) is 0.179. The molecular weight excluding hydrogens is 424 g/mol. The number of hydrogen-bond donors (Lipinski definition) is 1. The number of nitrogens with one attached hydrogen (secondary N) is 1. The van der Waals surface area contributed by atoms with Gasteiger partial charge in [0.25, 0.3) is 11.8 Å². The predicted octanol–water partition coefficient (Wildman–Crippen LogP) is 5.32. The lowest BCUT2D eigenvalue weighted by atomic mass is 10.1. The minimum atomic E-state index is -0.207. The van der Waals surface area contributed by atoms with Crippen molar-refractivity contribution in [2.75, 3.05) is 12.4 Å². The molecule has 0 unspecified atom stereocenters. The Morgan fingerprint density at radius 3 is 2.21 bits per heavy atom. The fourth-order valence-corrected chi connectivity index (χ4v) is 3.93. The van der Waals surface area contributed by atoms with E-state index < -0.39 is 0 Å². The first-order valence-corrected chi connectivity index (χ1v) is 11.2. The van der Waals surface area contributed by atoms with Crippen molar-refractivity contribution in [2.45, 2.75) is 27.3 Å². The van der Waals surface area contributed by atoms with E-state index in [4.69, 9.17) is 0 Å². The van der Waals surface area contributed by atoms with Crippen molar-refractivity contribution in [3.8, 4) is 5.69 Å². The third-order valence-corrected chi connectivity index (χ3v) is 5.95. The molecule has 34 heavy (non-hydrogen) atoms. The lowest BCUT2D eigenvalue weighted by Crippen LogP contribution is -2.27. The Hall–Kier alpha value is -4.19. The van der Waals surface area contributed by atoms with Crippen LogP contribution in [0.2, 0.25) is 0 Å². The number of nitrogens with zero attached hydrogens (tertiary/aromatic N) is 3. The van der Waals surface area contributed by atoms with Crippen molar-refractivity contribution in [1.82, 2.24) is 14.7 Å². The summed E-state index contributed by atoms with van der Waals surface area (Å²) in [5.41, 5.74) is 6.49. The van der Waals surface area contributed by atoms with Gasteiger partial charge in [0.05, 0.1) is 11.4 Å². The van der Waals surface area contributed by atoms with E-state index in [-0.39, 0.29) is 11.8 Å². The molecule has 172 valence electrons. The van der Waals surface area contributed by atoms with Crippen LogP contribution in [0.1, 0.15) is 43.2 Å². The van der Waals surface area contributed by atoms with Crippen molar-refractivity contribution in [3.05, 3.63) is 113 Å². The molecule has 0 saturated heterocycles. The largest absolute Gasteiger partial charge is 0.337 e. The molecule has 1 heterocycles. The minimum absolute atomic E-state index is 0.124. The highest BCUT2D eigenvalue weighted by Gasteiger charge is 2.19. The number of para-hydroxylation sites is 1.